The molecular formula is C20H19F3N2O5. The van der Waals surface area contributed by atoms with E-state index in [1.807, 2.05) is 0 Å². The van der Waals surface area contributed by atoms with Crippen LogP contribution in [-0.4, -0.2) is 39.1 Å². The van der Waals surface area contributed by atoms with Crippen LogP contribution in [0, 0.1) is 0 Å². The quantitative estimate of drug-likeness (QED) is 0.762. The fourth-order valence-corrected chi connectivity index (χ4v) is 2.93. The summed E-state index contributed by atoms with van der Waals surface area (Å²) in [6, 6.07) is 7.68. The molecule has 2 aromatic rings. The van der Waals surface area contributed by atoms with Crippen molar-refractivity contribution in [2.75, 3.05) is 26.6 Å². The fraction of sp³-hybridized carbons (Fsp3) is 0.300. The zero-order chi connectivity index (χ0) is 21.9. The Kier molecular flexibility index (Phi) is 6.04. The Morgan fingerprint density at radius 3 is 2.33 bits per heavy atom. The van der Waals surface area contributed by atoms with Crippen molar-refractivity contribution in [3.05, 3.63) is 47.5 Å². The highest BCUT2D eigenvalue weighted by atomic mass is 19.4. The van der Waals surface area contributed by atoms with Crippen LogP contribution in [0.3, 0.4) is 0 Å². The molecule has 1 heterocycles. The van der Waals surface area contributed by atoms with Gasteiger partial charge in [0, 0.05) is 17.7 Å². The van der Waals surface area contributed by atoms with Crippen molar-refractivity contribution in [2.24, 2.45) is 5.16 Å². The van der Waals surface area contributed by atoms with Gasteiger partial charge in [0.05, 0.1) is 32.6 Å². The molecule has 0 aromatic heterocycles. The van der Waals surface area contributed by atoms with Gasteiger partial charge in [-0.3, -0.25) is 4.79 Å². The number of methoxy groups -OCH3 is 3. The minimum Gasteiger partial charge on any atom is -0.493 e. The van der Waals surface area contributed by atoms with E-state index < -0.39 is 23.8 Å². The van der Waals surface area contributed by atoms with Crippen LogP contribution in [0.5, 0.6) is 17.2 Å². The summed E-state index contributed by atoms with van der Waals surface area (Å²) in [6.07, 6.45) is -5.38. The summed E-state index contributed by atoms with van der Waals surface area (Å²) in [7, 11) is 4.42. The van der Waals surface area contributed by atoms with Gasteiger partial charge >= 0.3 is 6.18 Å². The Morgan fingerprint density at radius 2 is 1.77 bits per heavy atom. The number of nitrogens with one attached hydrogen (secondary N) is 1. The lowest BCUT2D eigenvalue weighted by Crippen LogP contribution is -2.28. The summed E-state index contributed by atoms with van der Waals surface area (Å²) >= 11 is 0. The largest absolute Gasteiger partial charge is 0.493 e. The average Bonchev–Trinajstić information content (AvgIpc) is 3.22. The zero-order valence-corrected chi connectivity index (χ0v) is 16.4. The van der Waals surface area contributed by atoms with Crippen molar-refractivity contribution >= 4 is 17.3 Å². The van der Waals surface area contributed by atoms with E-state index in [0.717, 1.165) is 12.1 Å². The highest BCUT2D eigenvalue weighted by molar-refractivity contribution is 6.06. The van der Waals surface area contributed by atoms with Crippen LogP contribution >= 0.6 is 0 Å². The van der Waals surface area contributed by atoms with E-state index in [-0.39, 0.29) is 12.1 Å². The minimum absolute atomic E-state index is 0.0136. The van der Waals surface area contributed by atoms with Crippen molar-refractivity contribution in [3.8, 4) is 17.2 Å². The normalized spacial score (nSPS) is 15.8. The number of rotatable bonds is 6. The number of alkyl halides is 3. The van der Waals surface area contributed by atoms with E-state index in [2.05, 4.69) is 10.5 Å². The highest BCUT2D eigenvalue weighted by Crippen LogP contribution is 2.39. The van der Waals surface area contributed by atoms with E-state index in [1.165, 1.54) is 33.5 Å². The Morgan fingerprint density at radius 1 is 1.10 bits per heavy atom. The van der Waals surface area contributed by atoms with Gasteiger partial charge in [-0.25, -0.2) is 0 Å². The number of carbonyl (C=O) groups excluding carboxylic acids is 1. The number of carbonyl (C=O) groups is 1. The molecule has 1 atom stereocenters. The van der Waals surface area contributed by atoms with E-state index >= 15 is 0 Å². The van der Waals surface area contributed by atoms with Crippen molar-refractivity contribution in [1.29, 1.82) is 0 Å². The second-order valence-corrected chi connectivity index (χ2v) is 6.32. The predicted molar refractivity (Wildman–Crippen MR) is 102 cm³/mol. The maximum absolute atomic E-state index is 12.8. The lowest BCUT2D eigenvalue weighted by molar-refractivity contribution is -0.137. The Bertz CT molecular complexity index is 950. The van der Waals surface area contributed by atoms with Gasteiger partial charge in [0.2, 0.25) is 11.9 Å². The molecule has 0 bridgehead atoms. The van der Waals surface area contributed by atoms with Crippen LogP contribution in [0.1, 0.15) is 17.5 Å². The molecular weight excluding hydrogens is 405 g/mol. The second kappa shape index (κ2) is 8.52. The number of hydrogen-bond donors (Lipinski definition) is 1. The first kappa shape index (κ1) is 21.3. The monoisotopic (exact) mass is 424 g/mol. The van der Waals surface area contributed by atoms with Gasteiger partial charge in [-0.15, -0.1) is 0 Å². The molecule has 1 aliphatic rings. The summed E-state index contributed by atoms with van der Waals surface area (Å²) in [5, 5.41) is 6.36. The standard InChI is InChI=1S/C20H19F3N2O5/c1-27-15-7-11(8-16(28-2)18(15)29-3)14-10-17(30-25-14)19(26)24-13-6-4-5-12(9-13)20(21,22)23/h4-9,17H,10H2,1-3H3,(H,24,26)/t17-/m0/s1. The summed E-state index contributed by atoms with van der Waals surface area (Å²) in [5.74, 6) is 0.612. The average molecular weight is 424 g/mol. The highest BCUT2D eigenvalue weighted by Gasteiger charge is 2.32. The number of amides is 1. The van der Waals surface area contributed by atoms with E-state index in [9.17, 15) is 18.0 Å². The maximum atomic E-state index is 12.8. The number of ether oxygens (including phenoxy) is 3. The van der Waals surface area contributed by atoms with Crippen LogP contribution in [0.15, 0.2) is 41.6 Å². The van der Waals surface area contributed by atoms with Gasteiger partial charge in [0.1, 0.15) is 0 Å². The molecule has 0 fully saturated rings. The zero-order valence-electron chi connectivity index (χ0n) is 16.4. The van der Waals surface area contributed by atoms with Crippen LogP contribution in [0.2, 0.25) is 0 Å². The van der Waals surface area contributed by atoms with Crippen LogP contribution in [0.25, 0.3) is 0 Å². The maximum Gasteiger partial charge on any atom is 0.416 e. The van der Waals surface area contributed by atoms with E-state index in [1.54, 1.807) is 12.1 Å². The number of nitrogens with zero attached hydrogens (tertiary/aromatic N) is 1. The predicted octanol–water partition coefficient (Wildman–Crippen LogP) is 3.86. The minimum atomic E-state index is -4.51. The number of hydrogen-bond acceptors (Lipinski definition) is 6. The first-order valence-electron chi connectivity index (χ1n) is 8.78. The molecule has 0 spiro atoms. The Hall–Kier alpha value is -3.43. The van der Waals surface area contributed by atoms with Crippen LogP contribution in [-0.2, 0) is 15.8 Å². The third kappa shape index (κ3) is 4.42. The number of anilines is 1. The molecule has 0 radical (unpaired) electrons. The fourth-order valence-electron chi connectivity index (χ4n) is 2.93. The van der Waals surface area contributed by atoms with Gasteiger partial charge in [0.25, 0.3) is 5.91 Å². The van der Waals surface area contributed by atoms with Gasteiger partial charge in [-0.1, -0.05) is 11.2 Å². The van der Waals surface area contributed by atoms with E-state index in [4.69, 9.17) is 19.0 Å². The Balaban J connectivity index is 1.73. The summed E-state index contributed by atoms with van der Waals surface area (Å²) in [4.78, 5) is 17.6. The van der Waals surface area contributed by atoms with Gasteiger partial charge in [-0.05, 0) is 30.3 Å². The summed E-state index contributed by atoms with van der Waals surface area (Å²) < 4.78 is 54.4. The van der Waals surface area contributed by atoms with Crippen molar-refractivity contribution < 1.29 is 37.0 Å². The molecule has 1 N–H and O–H groups in total. The molecule has 1 aliphatic heterocycles. The molecule has 0 unspecified atom stereocenters. The molecule has 0 saturated heterocycles. The number of halogens is 3. The Labute approximate surface area is 170 Å². The van der Waals surface area contributed by atoms with Crippen molar-refractivity contribution in [3.63, 3.8) is 0 Å². The molecule has 2 aromatic carbocycles. The molecule has 7 nitrogen and oxygen atoms in total. The smallest absolute Gasteiger partial charge is 0.416 e. The first-order valence-corrected chi connectivity index (χ1v) is 8.78. The van der Waals surface area contributed by atoms with E-state index in [0.29, 0.717) is 28.5 Å². The lowest BCUT2D eigenvalue weighted by Gasteiger charge is -2.14. The number of oxime groups is 1. The molecule has 10 heteroatoms. The summed E-state index contributed by atoms with van der Waals surface area (Å²) in [5.41, 5.74) is 0.207. The van der Waals surface area contributed by atoms with Gasteiger partial charge in [0.15, 0.2) is 11.5 Å². The third-order valence-corrected chi connectivity index (χ3v) is 4.42. The molecule has 0 saturated carbocycles. The van der Waals surface area contributed by atoms with Gasteiger partial charge in [-0.2, -0.15) is 13.2 Å². The van der Waals surface area contributed by atoms with Crippen LogP contribution in [0.4, 0.5) is 18.9 Å². The molecule has 1 amide bonds. The van der Waals surface area contributed by atoms with Gasteiger partial charge < -0.3 is 24.4 Å². The molecule has 3 rings (SSSR count). The first-order chi connectivity index (χ1) is 14.3. The number of benzene rings is 2. The molecule has 30 heavy (non-hydrogen) atoms. The SMILES string of the molecule is COc1cc(C2=NO[C@H](C(=O)Nc3cccc(C(F)(F)F)c3)C2)cc(OC)c1OC. The third-order valence-electron chi connectivity index (χ3n) is 4.42. The van der Waals surface area contributed by atoms with Crippen LogP contribution < -0.4 is 19.5 Å². The summed E-state index contributed by atoms with van der Waals surface area (Å²) in [6.45, 7) is 0. The molecule has 0 aliphatic carbocycles. The van der Waals surface area contributed by atoms with Crippen molar-refractivity contribution in [2.45, 2.75) is 18.7 Å². The second-order valence-electron chi connectivity index (χ2n) is 6.32. The van der Waals surface area contributed by atoms with Crippen molar-refractivity contribution in [1.82, 2.24) is 0 Å². The lowest BCUT2D eigenvalue weighted by atomic mass is 10.0. The topological polar surface area (TPSA) is 78.4 Å². The molecule has 160 valence electrons.